The Morgan fingerprint density at radius 1 is 1.10 bits per heavy atom. The van der Waals surface area contributed by atoms with E-state index in [-0.39, 0.29) is 17.8 Å². The van der Waals surface area contributed by atoms with Crippen molar-refractivity contribution in [1.29, 1.82) is 0 Å². The maximum absolute atomic E-state index is 12.7. The number of nitrogens with zero attached hydrogens (tertiary/aromatic N) is 4. The first-order valence-corrected chi connectivity index (χ1v) is 10.6. The molecule has 1 fully saturated rings. The van der Waals surface area contributed by atoms with Crippen molar-refractivity contribution in [2.24, 2.45) is 0 Å². The minimum Gasteiger partial charge on any atom is -0.346 e. The lowest BCUT2D eigenvalue weighted by Gasteiger charge is -2.32. The van der Waals surface area contributed by atoms with Crippen LogP contribution in [0.1, 0.15) is 40.4 Å². The zero-order chi connectivity index (χ0) is 21.1. The summed E-state index contributed by atoms with van der Waals surface area (Å²) in [6, 6.07) is 16.0. The van der Waals surface area contributed by atoms with E-state index in [1.165, 1.54) is 11.1 Å². The average molecular weight is 424 g/mol. The molecule has 0 bridgehead atoms. The van der Waals surface area contributed by atoms with E-state index in [0.717, 1.165) is 38.2 Å². The van der Waals surface area contributed by atoms with Crippen molar-refractivity contribution in [3.63, 3.8) is 0 Å². The van der Waals surface area contributed by atoms with Gasteiger partial charge in [0, 0.05) is 30.7 Å². The Balaban J connectivity index is 1.33. The summed E-state index contributed by atoms with van der Waals surface area (Å²) in [7, 11) is 0. The van der Waals surface area contributed by atoms with Gasteiger partial charge in [0.2, 0.25) is 5.82 Å². The van der Waals surface area contributed by atoms with Gasteiger partial charge in [-0.15, -0.1) is 5.10 Å². The van der Waals surface area contributed by atoms with E-state index in [9.17, 15) is 4.79 Å². The minimum absolute atomic E-state index is 0.147. The summed E-state index contributed by atoms with van der Waals surface area (Å²) in [5, 5.41) is 8.16. The van der Waals surface area contributed by atoms with Crippen molar-refractivity contribution < 1.29 is 4.79 Å². The number of aromatic nitrogens is 3. The largest absolute Gasteiger partial charge is 0.346 e. The van der Waals surface area contributed by atoms with E-state index in [1.54, 1.807) is 16.8 Å². The van der Waals surface area contributed by atoms with E-state index in [0.29, 0.717) is 10.8 Å². The third-order valence-corrected chi connectivity index (χ3v) is 5.87. The van der Waals surface area contributed by atoms with Crippen LogP contribution in [0.25, 0.3) is 5.69 Å². The molecule has 2 aromatic carbocycles. The van der Waals surface area contributed by atoms with Crippen molar-refractivity contribution in [1.82, 2.24) is 25.0 Å². The van der Waals surface area contributed by atoms with E-state index in [1.807, 2.05) is 19.1 Å². The number of halogens is 1. The molecule has 6 nitrogen and oxygen atoms in total. The molecule has 4 rings (SSSR count). The number of likely N-dealkylation sites (tertiary alicyclic amines) is 1. The second-order valence-electron chi connectivity index (χ2n) is 7.82. The number of rotatable bonds is 5. The van der Waals surface area contributed by atoms with Crippen molar-refractivity contribution in [2.45, 2.75) is 39.3 Å². The van der Waals surface area contributed by atoms with Gasteiger partial charge >= 0.3 is 0 Å². The summed E-state index contributed by atoms with van der Waals surface area (Å²) in [5.41, 5.74) is 3.52. The smallest absolute Gasteiger partial charge is 0.291 e. The molecule has 2 heterocycles. The van der Waals surface area contributed by atoms with Crippen LogP contribution in [-0.4, -0.2) is 44.7 Å². The second kappa shape index (κ2) is 8.98. The monoisotopic (exact) mass is 423 g/mol. The van der Waals surface area contributed by atoms with Gasteiger partial charge in [-0.25, -0.2) is 9.67 Å². The maximum Gasteiger partial charge on any atom is 0.291 e. The highest BCUT2D eigenvalue weighted by molar-refractivity contribution is 6.30. The Labute approximate surface area is 181 Å². The summed E-state index contributed by atoms with van der Waals surface area (Å²) in [6.45, 7) is 6.87. The van der Waals surface area contributed by atoms with E-state index >= 15 is 0 Å². The van der Waals surface area contributed by atoms with Gasteiger partial charge in [0.05, 0.1) is 5.69 Å². The number of nitrogens with one attached hydrogen (secondary N) is 1. The fraction of sp³-hybridized carbons (Fsp3) is 0.348. The van der Waals surface area contributed by atoms with Gasteiger partial charge in [-0.3, -0.25) is 9.69 Å². The summed E-state index contributed by atoms with van der Waals surface area (Å²) < 4.78 is 1.66. The molecule has 1 aliphatic rings. The average Bonchev–Trinajstić information content (AvgIpc) is 3.13. The molecule has 0 unspecified atom stereocenters. The zero-order valence-electron chi connectivity index (χ0n) is 17.3. The molecule has 30 heavy (non-hydrogen) atoms. The Bertz CT molecular complexity index is 1020. The van der Waals surface area contributed by atoms with Crippen LogP contribution < -0.4 is 5.32 Å². The van der Waals surface area contributed by atoms with Crippen LogP contribution in [0, 0.1) is 13.8 Å². The highest BCUT2D eigenvalue weighted by Gasteiger charge is 2.23. The van der Waals surface area contributed by atoms with E-state index in [2.05, 4.69) is 51.5 Å². The van der Waals surface area contributed by atoms with Crippen molar-refractivity contribution in [3.05, 3.63) is 76.3 Å². The quantitative estimate of drug-likeness (QED) is 0.675. The third-order valence-electron chi connectivity index (χ3n) is 5.62. The molecule has 7 heteroatoms. The standard InChI is InChI=1S/C23H26ClN5O/c1-16-5-3-4-6-18(16)15-28-13-11-20(12-14-28)26-23(30)22-25-17(2)29(27-22)21-9-7-19(24)8-10-21/h3-10,20H,11-15H2,1-2H3,(H,26,30). The Hall–Kier alpha value is -2.70. The topological polar surface area (TPSA) is 63.1 Å². The Morgan fingerprint density at radius 3 is 2.50 bits per heavy atom. The molecule has 0 radical (unpaired) electrons. The fourth-order valence-electron chi connectivity index (χ4n) is 3.83. The molecule has 1 amide bonds. The van der Waals surface area contributed by atoms with Crippen LogP contribution in [0.5, 0.6) is 0 Å². The molecule has 0 atom stereocenters. The van der Waals surface area contributed by atoms with Crippen LogP contribution in [0.15, 0.2) is 48.5 Å². The SMILES string of the molecule is Cc1ccccc1CN1CCC(NC(=O)c2nc(C)n(-c3ccc(Cl)cc3)n2)CC1. The number of aryl methyl sites for hydroxylation is 2. The first-order chi connectivity index (χ1) is 14.5. The normalized spacial score (nSPS) is 15.3. The highest BCUT2D eigenvalue weighted by Crippen LogP contribution is 2.17. The third kappa shape index (κ3) is 4.71. The minimum atomic E-state index is -0.219. The molecule has 0 spiro atoms. The van der Waals surface area contributed by atoms with E-state index in [4.69, 9.17) is 11.6 Å². The van der Waals surface area contributed by atoms with Crippen LogP contribution in [0.3, 0.4) is 0 Å². The van der Waals surface area contributed by atoms with Gasteiger partial charge < -0.3 is 5.32 Å². The van der Waals surface area contributed by atoms with Crippen molar-refractivity contribution in [2.75, 3.05) is 13.1 Å². The lowest BCUT2D eigenvalue weighted by atomic mass is 10.0. The summed E-state index contributed by atoms with van der Waals surface area (Å²) in [5.74, 6) is 0.642. The lowest BCUT2D eigenvalue weighted by Crippen LogP contribution is -2.44. The molecule has 1 N–H and O–H groups in total. The van der Waals surface area contributed by atoms with Gasteiger partial charge in [0.25, 0.3) is 5.91 Å². The number of carbonyl (C=O) groups is 1. The van der Waals surface area contributed by atoms with Gasteiger partial charge in [-0.1, -0.05) is 35.9 Å². The molecule has 3 aromatic rings. The van der Waals surface area contributed by atoms with Crippen molar-refractivity contribution >= 4 is 17.5 Å². The molecular weight excluding hydrogens is 398 g/mol. The van der Waals surface area contributed by atoms with Gasteiger partial charge in [-0.05, 0) is 62.1 Å². The highest BCUT2D eigenvalue weighted by atomic mass is 35.5. The number of hydrogen-bond acceptors (Lipinski definition) is 4. The molecule has 0 saturated carbocycles. The number of hydrogen-bond donors (Lipinski definition) is 1. The van der Waals surface area contributed by atoms with Gasteiger partial charge in [0.15, 0.2) is 0 Å². The van der Waals surface area contributed by atoms with Crippen LogP contribution in [0.4, 0.5) is 0 Å². The molecule has 1 aliphatic heterocycles. The summed E-state index contributed by atoms with van der Waals surface area (Å²) in [4.78, 5) is 19.5. The fourth-order valence-corrected chi connectivity index (χ4v) is 3.95. The molecule has 0 aliphatic carbocycles. The number of amides is 1. The maximum atomic E-state index is 12.7. The van der Waals surface area contributed by atoms with Crippen LogP contribution in [-0.2, 0) is 6.54 Å². The Morgan fingerprint density at radius 2 is 1.80 bits per heavy atom. The number of benzene rings is 2. The molecule has 156 valence electrons. The van der Waals surface area contributed by atoms with Gasteiger partial charge in [0.1, 0.15) is 5.82 Å². The van der Waals surface area contributed by atoms with Crippen molar-refractivity contribution in [3.8, 4) is 5.69 Å². The van der Waals surface area contributed by atoms with E-state index < -0.39 is 0 Å². The van der Waals surface area contributed by atoms with Crippen LogP contribution >= 0.6 is 11.6 Å². The first-order valence-electron chi connectivity index (χ1n) is 10.3. The van der Waals surface area contributed by atoms with Crippen LogP contribution in [0.2, 0.25) is 5.02 Å². The number of piperidine rings is 1. The predicted molar refractivity (Wildman–Crippen MR) is 118 cm³/mol. The summed E-state index contributed by atoms with van der Waals surface area (Å²) >= 11 is 5.95. The molecule has 1 saturated heterocycles. The number of carbonyl (C=O) groups excluding carboxylic acids is 1. The summed E-state index contributed by atoms with van der Waals surface area (Å²) in [6.07, 6.45) is 1.85. The predicted octanol–water partition coefficient (Wildman–Crippen LogP) is 3.93. The first kappa shape index (κ1) is 20.6. The molecular formula is C23H26ClN5O. The molecule has 1 aromatic heterocycles. The zero-order valence-corrected chi connectivity index (χ0v) is 18.1. The second-order valence-corrected chi connectivity index (χ2v) is 8.26. The Kier molecular flexibility index (Phi) is 6.16. The van der Waals surface area contributed by atoms with Gasteiger partial charge in [-0.2, -0.15) is 0 Å². The lowest BCUT2D eigenvalue weighted by molar-refractivity contribution is 0.0898.